The molecule has 0 radical (unpaired) electrons. The SMILES string of the molecule is COc1ccccc1/C=C/C(=O)OCC(=O)c1cc(C)c(C)cc1C. The highest BCUT2D eigenvalue weighted by Gasteiger charge is 2.12. The fourth-order valence-electron chi connectivity index (χ4n) is 2.49. The number of esters is 1. The van der Waals surface area contributed by atoms with Gasteiger partial charge in [0.15, 0.2) is 6.61 Å². The lowest BCUT2D eigenvalue weighted by atomic mass is 9.98. The summed E-state index contributed by atoms with van der Waals surface area (Å²) in [4.78, 5) is 24.1. The molecule has 0 aliphatic rings. The van der Waals surface area contributed by atoms with Crippen LogP contribution in [0.3, 0.4) is 0 Å². The first-order chi connectivity index (χ1) is 11.9. The quantitative estimate of drug-likeness (QED) is 0.453. The van der Waals surface area contributed by atoms with Gasteiger partial charge in [-0.3, -0.25) is 4.79 Å². The maximum atomic E-state index is 12.3. The van der Waals surface area contributed by atoms with Crippen LogP contribution in [0, 0.1) is 20.8 Å². The lowest BCUT2D eigenvalue weighted by molar-refractivity contribution is -0.136. The molecule has 2 aromatic carbocycles. The van der Waals surface area contributed by atoms with E-state index in [1.165, 1.54) is 6.08 Å². The Morgan fingerprint density at radius 2 is 1.68 bits per heavy atom. The Bertz CT molecular complexity index is 819. The molecule has 0 bridgehead atoms. The van der Waals surface area contributed by atoms with E-state index >= 15 is 0 Å². The minimum absolute atomic E-state index is 0.209. The van der Waals surface area contributed by atoms with Gasteiger partial charge in [-0.25, -0.2) is 4.79 Å². The van der Waals surface area contributed by atoms with Gasteiger partial charge in [0.05, 0.1) is 7.11 Å². The molecule has 0 aliphatic carbocycles. The zero-order valence-corrected chi connectivity index (χ0v) is 15.0. The predicted octanol–water partition coefficient (Wildman–Crippen LogP) is 4.06. The molecule has 25 heavy (non-hydrogen) atoms. The Kier molecular flexibility index (Phi) is 6.12. The highest BCUT2D eigenvalue weighted by Crippen LogP contribution is 2.19. The molecule has 4 nitrogen and oxygen atoms in total. The first-order valence-electron chi connectivity index (χ1n) is 8.01. The molecule has 0 atom stereocenters. The number of ether oxygens (including phenoxy) is 2. The molecule has 0 unspecified atom stereocenters. The molecular weight excluding hydrogens is 316 g/mol. The van der Waals surface area contributed by atoms with E-state index in [-0.39, 0.29) is 12.4 Å². The summed E-state index contributed by atoms with van der Waals surface area (Å²) >= 11 is 0. The third kappa shape index (κ3) is 4.80. The van der Waals surface area contributed by atoms with Gasteiger partial charge in [0.25, 0.3) is 0 Å². The van der Waals surface area contributed by atoms with Gasteiger partial charge in [0.2, 0.25) is 5.78 Å². The fraction of sp³-hybridized carbons (Fsp3) is 0.238. The van der Waals surface area contributed by atoms with Gasteiger partial charge in [0.1, 0.15) is 5.75 Å². The molecule has 0 aromatic heterocycles. The van der Waals surface area contributed by atoms with Crippen molar-refractivity contribution in [1.82, 2.24) is 0 Å². The van der Waals surface area contributed by atoms with Crippen LogP contribution in [0.1, 0.15) is 32.6 Å². The highest BCUT2D eigenvalue weighted by atomic mass is 16.5. The number of rotatable bonds is 6. The predicted molar refractivity (Wildman–Crippen MR) is 98.0 cm³/mol. The van der Waals surface area contributed by atoms with E-state index in [0.717, 1.165) is 22.3 Å². The molecule has 0 heterocycles. The lowest BCUT2D eigenvalue weighted by Gasteiger charge is -2.09. The lowest BCUT2D eigenvalue weighted by Crippen LogP contribution is -2.14. The van der Waals surface area contributed by atoms with Crippen molar-refractivity contribution in [3.05, 3.63) is 70.3 Å². The standard InChI is InChI=1S/C21H22O4/c1-14-11-16(3)18(12-15(14)2)19(22)13-25-21(23)10-9-17-7-5-6-8-20(17)24-4/h5-12H,13H2,1-4H3/b10-9+. The van der Waals surface area contributed by atoms with Crippen LogP contribution in [-0.2, 0) is 9.53 Å². The van der Waals surface area contributed by atoms with Crippen LogP contribution in [0.4, 0.5) is 0 Å². The van der Waals surface area contributed by atoms with Gasteiger partial charge in [-0.15, -0.1) is 0 Å². The zero-order valence-electron chi connectivity index (χ0n) is 15.0. The Labute approximate surface area is 148 Å². The highest BCUT2D eigenvalue weighted by molar-refractivity contribution is 6.00. The largest absolute Gasteiger partial charge is 0.496 e. The number of methoxy groups -OCH3 is 1. The van der Waals surface area contributed by atoms with Gasteiger partial charge >= 0.3 is 5.97 Å². The first kappa shape index (κ1) is 18.5. The Morgan fingerprint density at radius 1 is 1.00 bits per heavy atom. The summed E-state index contributed by atoms with van der Waals surface area (Å²) in [5.74, 6) is -0.117. The number of benzene rings is 2. The molecule has 130 valence electrons. The van der Waals surface area contributed by atoms with Crippen molar-refractivity contribution in [2.75, 3.05) is 13.7 Å². The average Bonchev–Trinajstić information content (AvgIpc) is 2.61. The summed E-state index contributed by atoms with van der Waals surface area (Å²) in [6.45, 7) is 5.55. The second-order valence-corrected chi connectivity index (χ2v) is 5.86. The Balaban J connectivity index is 1.99. The second-order valence-electron chi connectivity index (χ2n) is 5.86. The molecule has 2 aromatic rings. The molecule has 0 amide bonds. The molecule has 0 N–H and O–H groups in total. The van der Waals surface area contributed by atoms with Crippen LogP contribution < -0.4 is 4.74 Å². The molecule has 0 spiro atoms. The summed E-state index contributed by atoms with van der Waals surface area (Å²) < 4.78 is 10.3. The minimum Gasteiger partial charge on any atom is -0.496 e. The van der Waals surface area contributed by atoms with E-state index in [1.54, 1.807) is 19.3 Å². The van der Waals surface area contributed by atoms with E-state index in [4.69, 9.17) is 9.47 Å². The molecule has 0 saturated carbocycles. The smallest absolute Gasteiger partial charge is 0.331 e. The van der Waals surface area contributed by atoms with Crippen LogP contribution in [0.5, 0.6) is 5.75 Å². The topological polar surface area (TPSA) is 52.6 Å². The van der Waals surface area contributed by atoms with Crippen molar-refractivity contribution in [1.29, 1.82) is 0 Å². The summed E-state index contributed by atoms with van der Waals surface area (Å²) in [7, 11) is 1.57. The van der Waals surface area contributed by atoms with Crippen LogP contribution in [0.15, 0.2) is 42.5 Å². The van der Waals surface area contributed by atoms with E-state index in [2.05, 4.69) is 0 Å². The Hall–Kier alpha value is -2.88. The molecular formula is C21H22O4. The third-order valence-corrected chi connectivity index (χ3v) is 4.02. The summed E-state index contributed by atoms with van der Waals surface area (Å²) in [6.07, 6.45) is 2.89. The number of hydrogen-bond donors (Lipinski definition) is 0. The van der Waals surface area contributed by atoms with Crippen LogP contribution in [0.2, 0.25) is 0 Å². The van der Waals surface area contributed by atoms with Crippen LogP contribution in [0.25, 0.3) is 6.08 Å². The van der Waals surface area contributed by atoms with Crippen molar-refractivity contribution in [3.8, 4) is 5.75 Å². The maximum Gasteiger partial charge on any atom is 0.331 e. The number of para-hydroxylation sites is 1. The van der Waals surface area contributed by atoms with Crippen molar-refractivity contribution in [3.63, 3.8) is 0 Å². The van der Waals surface area contributed by atoms with Gasteiger partial charge < -0.3 is 9.47 Å². The van der Waals surface area contributed by atoms with Crippen molar-refractivity contribution in [2.24, 2.45) is 0 Å². The third-order valence-electron chi connectivity index (χ3n) is 4.02. The van der Waals surface area contributed by atoms with Crippen LogP contribution >= 0.6 is 0 Å². The van der Waals surface area contributed by atoms with Crippen molar-refractivity contribution in [2.45, 2.75) is 20.8 Å². The molecule has 2 rings (SSSR count). The van der Waals surface area contributed by atoms with Crippen molar-refractivity contribution >= 4 is 17.8 Å². The van der Waals surface area contributed by atoms with Gasteiger partial charge in [-0.1, -0.05) is 24.3 Å². The van der Waals surface area contributed by atoms with Gasteiger partial charge in [0, 0.05) is 17.2 Å². The maximum absolute atomic E-state index is 12.3. The average molecular weight is 338 g/mol. The van der Waals surface area contributed by atoms with Crippen molar-refractivity contribution < 1.29 is 19.1 Å². The zero-order chi connectivity index (χ0) is 18.4. The summed E-state index contributed by atoms with van der Waals surface area (Å²) in [5, 5.41) is 0. The van der Waals surface area contributed by atoms with Gasteiger partial charge in [-0.2, -0.15) is 0 Å². The van der Waals surface area contributed by atoms with Crippen LogP contribution in [-0.4, -0.2) is 25.5 Å². The van der Waals surface area contributed by atoms with E-state index in [9.17, 15) is 9.59 Å². The number of ketones is 1. The number of carbonyl (C=O) groups is 2. The molecule has 0 saturated heterocycles. The normalized spacial score (nSPS) is 10.7. The van der Waals surface area contributed by atoms with E-state index in [1.807, 2.05) is 51.1 Å². The number of aryl methyl sites for hydroxylation is 3. The Morgan fingerprint density at radius 3 is 2.40 bits per heavy atom. The first-order valence-corrected chi connectivity index (χ1v) is 8.01. The fourth-order valence-corrected chi connectivity index (χ4v) is 2.49. The molecule has 0 fully saturated rings. The number of carbonyl (C=O) groups excluding carboxylic acids is 2. The molecule has 0 aliphatic heterocycles. The van der Waals surface area contributed by atoms with E-state index < -0.39 is 5.97 Å². The second kappa shape index (κ2) is 8.29. The minimum atomic E-state index is -0.569. The number of hydrogen-bond acceptors (Lipinski definition) is 4. The summed E-state index contributed by atoms with van der Waals surface area (Å²) in [6, 6.07) is 11.1. The molecule has 4 heteroatoms. The summed E-state index contributed by atoms with van der Waals surface area (Å²) in [5.41, 5.74) is 4.40. The monoisotopic (exact) mass is 338 g/mol. The number of Topliss-reactive ketones (excluding diaryl/α,β-unsaturated/α-hetero) is 1. The van der Waals surface area contributed by atoms with Gasteiger partial charge in [-0.05, 0) is 55.7 Å². The van der Waals surface area contributed by atoms with E-state index in [0.29, 0.717) is 11.3 Å².